The number of aryl methyl sites for hydroxylation is 1. The average molecular weight is 447 g/mol. The molecule has 1 fully saturated rings. The predicted molar refractivity (Wildman–Crippen MR) is 98.6 cm³/mol. The van der Waals surface area contributed by atoms with Crippen LogP contribution >= 0.6 is 27.3 Å². The highest BCUT2D eigenvalue weighted by atomic mass is 79.9. The predicted octanol–water partition coefficient (Wildman–Crippen LogP) is 2.63. The van der Waals surface area contributed by atoms with Crippen LogP contribution in [0, 0.1) is 17.0 Å². The van der Waals surface area contributed by atoms with Gasteiger partial charge in [-0.25, -0.2) is 13.4 Å². The van der Waals surface area contributed by atoms with Crippen molar-refractivity contribution in [2.24, 2.45) is 0 Å². The van der Waals surface area contributed by atoms with E-state index in [1.165, 1.54) is 27.9 Å². The largest absolute Gasteiger partial charge is 0.354 e. The Balaban J connectivity index is 1.73. The van der Waals surface area contributed by atoms with Gasteiger partial charge in [0.05, 0.1) is 8.71 Å². The van der Waals surface area contributed by atoms with E-state index in [4.69, 9.17) is 0 Å². The second-order valence-electron chi connectivity index (χ2n) is 5.54. The number of thiophene rings is 1. The van der Waals surface area contributed by atoms with E-state index in [0.29, 0.717) is 41.8 Å². The fourth-order valence-electron chi connectivity index (χ4n) is 2.69. The summed E-state index contributed by atoms with van der Waals surface area (Å²) in [6.45, 7) is 3.42. The van der Waals surface area contributed by atoms with E-state index in [0.717, 1.165) is 3.79 Å². The molecule has 1 aliphatic heterocycles. The van der Waals surface area contributed by atoms with E-state index in [9.17, 15) is 18.5 Å². The molecule has 1 saturated heterocycles. The molecule has 8 nitrogen and oxygen atoms in total. The van der Waals surface area contributed by atoms with Gasteiger partial charge in [0.15, 0.2) is 0 Å². The van der Waals surface area contributed by atoms with Gasteiger partial charge in [-0.15, -0.1) is 11.3 Å². The molecule has 1 aliphatic rings. The number of sulfonamides is 1. The fraction of sp³-hybridized carbons (Fsp3) is 0.357. The fourth-order valence-corrected chi connectivity index (χ4v) is 6.27. The van der Waals surface area contributed by atoms with Crippen molar-refractivity contribution in [1.82, 2.24) is 9.29 Å². The molecule has 0 saturated carbocycles. The molecule has 134 valence electrons. The molecule has 25 heavy (non-hydrogen) atoms. The van der Waals surface area contributed by atoms with E-state index in [2.05, 4.69) is 20.9 Å². The quantitative estimate of drug-likeness (QED) is 0.528. The summed E-state index contributed by atoms with van der Waals surface area (Å²) in [7, 11) is -3.49. The first kappa shape index (κ1) is 18.2. The SMILES string of the molecule is Cc1cc([N+](=O)[O-])cnc1N1CCN(S(=O)(=O)c2ccc(Br)s2)CC1. The van der Waals surface area contributed by atoms with Crippen LogP contribution in [-0.4, -0.2) is 48.8 Å². The van der Waals surface area contributed by atoms with Gasteiger partial charge in [0.1, 0.15) is 16.2 Å². The van der Waals surface area contributed by atoms with Crippen LogP contribution in [0.3, 0.4) is 0 Å². The van der Waals surface area contributed by atoms with Crippen LogP contribution in [-0.2, 0) is 10.0 Å². The number of pyridine rings is 1. The van der Waals surface area contributed by atoms with Gasteiger partial charge >= 0.3 is 0 Å². The summed E-state index contributed by atoms with van der Waals surface area (Å²) in [5.41, 5.74) is 0.651. The highest BCUT2D eigenvalue weighted by Crippen LogP contribution is 2.30. The maximum atomic E-state index is 12.6. The second-order valence-corrected chi connectivity index (χ2v) is 10.2. The average Bonchev–Trinajstić information content (AvgIpc) is 3.02. The number of piperazine rings is 1. The first-order valence-electron chi connectivity index (χ1n) is 7.40. The van der Waals surface area contributed by atoms with E-state index < -0.39 is 14.9 Å². The number of rotatable bonds is 4. The molecule has 2 aromatic heterocycles. The molecule has 0 unspecified atom stereocenters. The molecule has 2 aromatic rings. The summed E-state index contributed by atoms with van der Waals surface area (Å²) in [5.74, 6) is 0.654. The molecule has 0 spiro atoms. The molecule has 0 aliphatic carbocycles. The molecule has 3 rings (SSSR count). The Morgan fingerprint density at radius 2 is 1.96 bits per heavy atom. The van der Waals surface area contributed by atoms with Crippen LogP contribution < -0.4 is 4.90 Å². The van der Waals surface area contributed by atoms with Crippen LogP contribution in [0.5, 0.6) is 0 Å². The zero-order chi connectivity index (χ0) is 18.2. The lowest BCUT2D eigenvalue weighted by molar-refractivity contribution is -0.385. The molecule has 3 heterocycles. The monoisotopic (exact) mass is 446 g/mol. The van der Waals surface area contributed by atoms with Crippen molar-refractivity contribution in [1.29, 1.82) is 0 Å². The summed E-state index contributed by atoms with van der Waals surface area (Å²) in [5, 5.41) is 10.8. The van der Waals surface area contributed by atoms with Crippen molar-refractivity contribution in [2.45, 2.75) is 11.1 Å². The van der Waals surface area contributed by atoms with Crippen LogP contribution in [0.25, 0.3) is 0 Å². The van der Waals surface area contributed by atoms with Gasteiger partial charge in [0, 0.05) is 32.2 Å². The lowest BCUT2D eigenvalue weighted by atomic mass is 10.2. The first-order valence-corrected chi connectivity index (χ1v) is 10.5. The van der Waals surface area contributed by atoms with E-state index >= 15 is 0 Å². The number of nitrogens with zero attached hydrogens (tertiary/aromatic N) is 4. The molecule has 0 aromatic carbocycles. The standard InChI is InChI=1S/C14H15BrN4O4S2/c1-10-8-11(19(20)21)9-16-14(10)17-4-6-18(7-5-17)25(22,23)13-3-2-12(15)24-13/h2-3,8-9H,4-7H2,1H3. The van der Waals surface area contributed by atoms with E-state index in [1.54, 1.807) is 19.1 Å². The second kappa shape index (κ2) is 6.98. The smallest absolute Gasteiger partial charge is 0.287 e. The van der Waals surface area contributed by atoms with E-state index in [-0.39, 0.29) is 5.69 Å². The zero-order valence-electron chi connectivity index (χ0n) is 13.3. The van der Waals surface area contributed by atoms with Crippen molar-refractivity contribution in [3.05, 3.63) is 43.9 Å². The number of hydrogen-bond donors (Lipinski definition) is 0. The van der Waals surface area contributed by atoms with Crippen molar-refractivity contribution < 1.29 is 13.3 Å². The minimum absolute atomic E-state index is 0.0502. The Morgan fingerprint density at radius 1 is 1.28 bits per heavy atom. The van der Waals surface area contributed by atoms with Gasteiger partial charge in [-0.2, -0.15) is 4.31 Å². The number of aromatic nitrogens is 1. The third-order valence-electron chi connectivity index (χ3n) is 3.93. The van der Waals surface area contributed by atoms with Gasteiger partial charge in [0.2, 0.25) is 0 Å². The maximum absolute atomic E-state index is 12.6. The van der Waals surface area contributed by atoms with Gasteiger partial charge in [-0.1, -0.05) is 0 Å². The molecular formula is C14H15BrN4O4S2. The normalized spacial score (nSPS) is 16.2. The Morgan fingerprint density at radius 3 is 2.48 bits per heavy atom. The summed E-state index contributed by atoms with van der Waals surface area (Å²) in [6, 6.07) is 4.80. The molecular weight excluding hydrogens is 432 g/mol. The number of nitro groups is 1. The Kier molecular flexibility index (Phi) is 5.09. The lowest BCUT2D eigenvalue weighted by Crippen LogP contribution is -2.49. The molecule has 0 radical (unpaired) electrons. The zero-order valence-corrected chi connectivity index (χ0v) is 16.5. The third kappa shape index (κ3) is 3.68. The van der Waals surface area contributed by atoms with Crippen molar-refractivity contribution in [3.8, 4) is 0 Å². The summed E-state index contributed by atoms with van der Waals surface area (Å²) in [6.07, 6.45) is 1.23. The van der Waals surface area contributed by atoms with Crippen LogP contribution in [0.15, 0.2) is 32.4 Å². The van der Waals surface area contributed by atoms with Crippen LogP contribution in [0.4, 0.5) is 11.5 Å². The lowest BCUT2D eigenvalue weighted by Gasteiger charge is -2.34. The highest BCUT2D eigenvalue weighted by molar-refractivity contribution is 9.11. The van der Waals surface area contributed by atoms with Crippen molar-refractivity contribution in [2.75, 3.05) is 31.1 Å². The molecule has 0 amide bonds. The van der Waals surface area contributed by atoms with Crippen molar-refractivity contribution in [3.63, 3.8) is 0 Å². The first-order chi connectivity index (χ1) is 11.8. The molecule has 11 heteroatoms. The maximum Gasteiger partial charge on any atom is 0.287 e. The molecule has 0 bridgehead atoms. The van der Waals surface area contributed by atoms with Crippen LogP contribution in [0.1, 0.15) is 5.56 Å². The van der Waals surface area contributed by atoms with Gasteiger partial charge in [0.25, 0.3) is 15.7 Å². The summed E-state index contributed by atoms with van der Waals surface area (Å²) >= 11 is 4.47. The van der Waals surface area contributed by atoms with Crippen molar-refractivity contribution >= 4 is 48.8 Å². The number of anilines is 1. The molecule has 0 N–H and O–H groups in total. The summed E-state index contributed by atoms with van der Waals surface area (Å²) in [4.78, 5) is 16.5. The topological polar surface area (TPSA) is 96.7 Å². The van der Waals surface area contributed by atoms with Gasteiger partial charge < -0.3 is 4.90 Å². The Labute approximate surface area is 157 Å². The summed E-state index contributed by atoms with van der Waals surface area (Å²) < 4.78 is 27.8. The number of hydrogen-bond acceptors (Lipinski definition) is 7. The minimum atomic E-state index is -3.49. The van der Waals surface area contributed by atoms with Crippen LogP contribution in [0.2, 0.25) is 0 Å². The Hall–Kier alpha value is -1.56. The minimum Gasteiger partial charge on any atom is -0.354 e. The molecule has 0 atom stereocenters. The third-order valence-corrected chi connectivity index (χ3v) is 7.92. The Bertz CT molecular complexity index is 907. The van der Waals surface area contributed by atoms with Gasteiger partial charge in [-0.3, -0.25) is 10.1 Å². The van der Waals surface area contributed by atoms with E-state index in [1.807, 2.05) is 4.90 Å². The number of halogens is 1. The highest BCUT2D eigenvalue weighted by Gasteiger charge is 2.30. The van der Waals surface area contributed by atoms with Gasteiger partial charge in [-0.05, 0) is 40.5 Å².